The van der Waals surface area contributed by atoms with Crippen LogP contribution < -0.4 is 0 Å². The molecule has 1 N–H and O–H groups in total. The highest BCUT2D eigenvalue weighted by Crippen LogP contribution is 2.31. The second-order valence-corrected chi connectivity index (χ2v) is 6.62. The lowest BCUT2D eigenvalue weighted by molar-refractivity contribution is 0.400. The average molecular weight is 276 g/mol. The molecule has 0 bridgehead atoms. The fraction of sp³-hybridized carbons (Fsp3) is 0.684. The Morgan fingerprint density at radius 3 is 2.05 bits per heavy atom. The van der Waals surface area contributed by atoms with Crippen molar-refractivity contribution in [2.75, 3.05) is 0 Å². The smallest absolute Gasteiger partial charge is 0.115 e. The van der Waals surface area contributed by atoms with Crippen LogP contribution in [-0.4, -0.2) is 5.11 Å². The normalized spacial score (nSPS) is 14.4. The van der Waals surface area contributed by atoms with Crippen LogP contribution in [0.15, 0.2) is 24.3 Å². The van der Waals surface area contributed by atoms with E-state index in [1.165, 1.54) is 44.1 Å². The van der Waals surface area contributed by atoms with Crippen LogP contribution in [0.1, 0.15) is 77.7 Å². The van der Waals surface area contributed by atoms with Gasteiger partial charge >= 0.3 is 0 Å². The number of benzene rings is 1. The predicted molar refractivity (Wildman–Crippen MR) is 88.2 cm³/mol. The molecule has 0 aliphatic carbocycles. The molecule has 114 valence electrons. The third kappa shape index (κ3) is 5.98. The Labute approximate surface area is 125 Å². The van der Waals surface area contributed by atoms with E-state index in [0.717, 1.165) is 5.92 Å². The SMILES string of the molecule is CCCCC(C)CCCC(c1ccc(O)cc1)C(C)C. The minimum Gasteiger partial charge on any atom is -0.508 e. The van der Waals surface area contributed by atoms with E-state index in [4.69, 9.17) is 0 Å². The molecule has 0 aliphatic heterocycles. The quantitative estimate of drug-likeness (QED) is 0.575. The third-order valence-electron chi connectivity index (χ3n) is 4.39. The van der Waals surface area contributed by atoms with Crippen LogP contribution in [0.5, 0.6) is 5.75 Å². The van der Waals surface area contributed by atoms with Crippen molar-refractivity contribution in [2.45, 2.75) is 72.1 Å². The molecule has 2 atom stereocenters. The van der Waals surface area contributed by atoms with E-state index in [-0.39, 0.29) is 0 Å². The Kier molecular flexibility index (Phi) is 7.72. The number of hydrogen-bond acceptors (Lipinski definition) is 1. The molecule has 2 unspecified atom stereocenters. The van der Waals surface area contributed by atoms with E-state index in [2.05, 4.69) is 39.8 Å². The van der Waals surface area contributed by atoms with E-state index in [9.17, 15) is 5.11 Å². The summed E-state index contributed by atoms with van der Waals surface area (Å²) in [6, 6.07) is 7.80. The molecule has 0 saturated heterocycles. The average Bonchev–Trinajstić information content (AvgIpc) is 2.42. The van der Waals surface area contributed by atoms with E-state index < -0.39 is 0 Å². The lowest BCUT2D eigenvalue weighted by Gasteiger charge is -2.22. The van der Waals surface area contributed by atoms with E-state index in [1.807, 2.05) is 12.1 Å². The minimum atomic E-state index is 0.365. The van der Waals surface area contributed by atoms with Gasteiger partial charge in [-0.15, -0.1) is 0 Å². The van der Waals surface area contributed by atoms with Crippen LogP contribution in [-0.2, 0) is 0 Å². The number of aromatic hydroxyl groups is 1. The third-order valence-corrected chi connectivity index (χ3v) is 4.39. The van der Waals surface area contributed by atoms with Gasteiger partial charge in [0.2, 0.25) is 0 Å². The summed E-state index contributed by atoms with van der Waals surface area (Å²) in [7, 11) is 0. The standard InChI is InChI=1S/C19H32O/c1-5-6-8-16(4)9-7-10-19(15(2)3)17-11-13-18(20)14-12-17/h11-16,19-20H,5-10H2,1-4H3. The summed E-state index contributed by atoms with van der Waals surface area (Å²) in [5, 5.41) is 9.41. The van der Waals surface area contributed by atoms with Crippen LogP contribution >= 0.6 is 0 Å². The molecular weight excluding hydrogens is 244 g/mol. The first-order valence-corrected chi connectivity index (χ1v) is 8.33. The summed E-state index contributed by atoms with van der Waals surface area (Å²) in [5.74, 6) is 2.51. The highest BCUT2D eigenvalue weighted by Gasteiger charge is 2.16. The summed E-state index contributed by atoms with van der Waals surface area (Å²) in [6.45, 7) is 9.27. The van der Waals surface area contributed by atoms with Gasteiger partial charge in [0.25, 0.3) is 0 Å². The number of phenols is 1. The summed E-state index contributed by atoms with van der Waals surface area (Å²) in [5.41, 5.74) is 1.37. The largest absolute Gasteiger partial charge is 0.508 e. The molecule has 0 heterocycles. The van der Waals surface area contributed by atoms with Crippen molar-refractivity contribution < 1.29 is 5.11 Å². The predicted octanol–water partition coefficient (Wildman–Crippen LogP) is 6.13. The zero-order valence-corrected chi connectivity index (χ0v) is 13.7. The molecule has 1 heteroatoms. The van der Waals surface area contributed by atoms with Gasteiger partial charge in [-0.2, -0.15) is 0 Å². The second-order valence-electron chi connectivity index (χ2n) is 6.62. The van der Waals surface area contributed by atoms with Crippen molar-refractivity contribution in [1.29, 1.82) is 0 Å². The minimum absolute atomic E-state index is 0.365. The maximum atomic E-state index is 9.41. The lowest BCUT2D eigenvalue weighted by atomic mass is 9.83. The monoisotopic (exact) mass is 276 g/mol. The van der Waals surface area contributed by atoms with Gasteiger partial charge in [-0.05, 0) is 41.9 Å². The number of hydrogen-bond donors (Lipinski definition) is 1. The molecule has 1 aromatic rings. The van der Waals surface area contributed by atoms with Crippen molar-refractivity contribution in [2.24, 2.45) is 11.8 Å². The van der Waals surface area contributed by atoms with Crippen LogP contribution in [0.25, 0.3) is 0 Å². The Bertz CT molecular complexity index is 353. The van der Waals surface area contributed by atoms with Crippen LogP contribution in [0.2, 0.25) is 0 Å². The maximum Gasteiger partial charge on any atom is 0.115 e. The molecule has 1 aromatic carbocycles. The van der Waals surface area contributed by atoms with Crippen molar-refractivity contribution in [3.63, 3.8) is 0 Å². The van der Waals surface area contributed by atoms with Gasteiger partial charge in [0, 0.05) is 0 Å². The molecule has 0 aliphatic rings. The number of phenolic OH excluding ortho intramolecular Hbond substituents is 1. The lowest BCUT2D eigenvalue weighted by Crippen LogP contribution is -2.07. The molecule has 1 nitrogen and oxygen atoms in total. The van der Waals surface area contributed by atoms with Crippen LogP contribution in [0, 0.1) is 11.8 Å². The zero-order valence-electron chi connectivity index (χ0n) is 13.7. The topological polar surface area (TPSA) is 20.2 Å². The molecular formula is C19H32O. The van der Waals surface area contributed by atoms with Crippen molar-refractivity contribution in [3.05, 3.63) is 29.8 Å². The molecule has 0 fully saturated rings. The Morgan fingerprint density at radius 2 is 1.50 bits per heavy atom. The van der Waals surface area contributed by atoms with Crippen molar-refractivity contribution >= 4 is 0 Å². The first-order chi connectivity index (χ1) is 9.54. The van der Waals surface area contributed by atoms with Crippen LogP contribution in [0.4, 0.5) is 0 Å². The summed E-state index contributed by atoms with van der Waals surface area (Å²) >= 11 is 0. The summed E-state index contributed by atoms with van der Waals surface area (Å²) in [4.78, 5) is 0. The van der Waals surface area contributed by atoms with E-state index in [0.29, 0.717) is 17.6 Å². The van der Waals surface area contributed by atoms with Gasteiger partial charge in [0.1, 0.15) is 5.75 Å². The first-order valence-electron chi connectivity index (χ1n) is 8.33. The number of rotatable bonds is 9. The zero-order chi connectivity index (χ0) is 15.0. The van der Waals surface area contributed by atoms with Crippen LogP contribution in [0.3, 0.4) is 0 Å². The second kappa shape index (κ2) is 9.05. The first kappa shape index (κ1) is 17.1. The Balaban J connectivity index is 2.46. The Hall–Kier alpha value is -0.980. The van der Waals surface area contributed by atoms with Gasteiger partial charge in [0.05, 0.1) is 0 Å². The van der Waals surface area contributed by atoms with Gasteiger partial charge < -0.3 is 5.11 Å². The fourth-order valence-electron chi connectivity index (χ4n) is 2.99. The van der Waals surface area contributed by atoms with Gasteiger partial charge in [-0.1, -0.05) is 71.9 Å². The van der Waals surface area contributed by atoms with Crippen molar-refractivity contribution in [3.8, 4) is 5.75 Å². The molecule has 1 rings (SSSR count). The van der Waals surface area contributed by atoms with E-state index in [1.54, 1.807) is 0 Å². The highest BCUT2D eigenvalue weighted by molar-refractivity contribution is 5.28. The van der Waals surface area contributed by atoms with Crippen molar-refractivity contribution in [1.82, 2.24) is 0 Å². The van der Waals surface area contributed by atoms with Gasteiger partial charge in [0.15, 0.2) is 0 Å². The molecule has 0 amide bonds. The van der Waals surface area contributed by atoms with E-state index >= 15 is 0 Å². The molecule has 0 aromatic heterocycles. The number of unbranched alkanes of at least 4 members (excludes halogenated alkanes) is 1. The molecule has 0 saturated carbocycles. The molecule has 20 heavy (non-hydrogen) atoms. The molecule has 0 radical (unpaired) electrons. The van der Waals surface area contributed by atoms with Gasteiger partial charge in [-0.3, -0.25) is 0 Å². The molecule has 0 spiro atoms. The van der Waals surface area contributed by atoms with Gasteiger partial charge in [-0.25, -0.2) is 0 Å². The fourth-order valence-corrected chi connectivity index (χ4v) is 2.99. The maximum absolute atomic E-state index is 9.41. The summed E-state index contributed by atoms with van der Waals surface area (Å²) < 4.78 is 0. The highest BCUT2D eigenvalue weighted by atomic mass is 16.3. The summed E-state index contributed by atoms with van der Waals surface area (Å²) in [6.07, 6.45) is 7.98. The Morgan fingerprint density at radius 1 is 0.900 bits per heavy atom.